The first-order valence-electron chi connectivity index (χ1n) is 12.1. The Kier molecular flexibility index (Phi) is 6.32. The van der Waals surface area contributed by atoms with Gasteiger partial charge >= 0.3 is 6.05 Å². The molecule has 0 radical (unpaired) electrons. The molecule has 1 unspecified atom stereocenters. The van der Waals surface area contributed by atoms with E-state index in [1.165, 1.54) is 4.90 Å². The molecule has 3 aliphatic rings. The van der Waals surface area contributed by atoms with Gasteiger partial charge in [-0.3, -0.25) is 9.59 Å². The molecule has 1 N–H and O–H groups in total. The number of carbonyl (C=O) groups is 2. The van der Waals surface area contributed by atoms with Crippen molar-refractivity contribution in [3.8, 4) is 5.75 Å². The van der Waals surface area contributed by atoms with Gasteiger partial charge in [-0.25, -0.2) is 4.90 Å². The molecule has 0 aliphatic carbocycles. The number of nitrogens with zero attached hydrogens (tertiary/aromatic N) is 2. The van der Waals surface area contributed by atoms with Gasteiger partial charge in [0.2, 0.25) is 5.91 Å². The molecule has 184 valence electrons. The number of hydrogen-bond acceptors (Lipinski definition) is 4. The Balaban J connectivity index is 1.23. The second-order valence-electron chi connectivity index (χ2n) is 9.51. The Bertz CT molecular complexity index is 1150. The smallest absolute Gasteiger partial charge is 0.305 e. The number of rotatable bonds is 6. The number of hydrogen-bond donors (Lipinski definition) is 1. The number of benzene rings is 2. The number of ether oxygens (including phenoxy) is 1. The zero-order valence-corrected chi connectivity index (χ0v) is 19.6. The fourth-order valence-electron chi connectivity index (χ4n) is 5.05. The zero-order chi connectivity index (χ0) is 24.6. The molecular formula is C27H29F2N3O3. The Morgan fingerprint density at radius 2 is 1.86 bits per heavy atom. The van der Waals surface area contributed by atoms with E-state index in [0.717, 1.165) is 23.1 Å². The van der Waals surface area contributed by atoms with Crippen molar-refractivity contribution >= 4 is 11.8 Å². The van der Waals surface area contributed by atoms with Gasteiger partial charge in [0, 0.05) is 36.3 Å². The Hall–Kier alpha value is -3.26. The highest BCUT2D eigenvalue weighted by molar-refractivity contribution is 6.02. The van der Waals surface area contributed by atoms with Crippen LogP contribution in [0.15, 0.2) is 54.7 Å². The molecule has 2 fully saturated rings. The highest BCUT2D eigenvalue weighted by Crippen LogP contribution is 2.35. The van der Waals surface area contributed by atoms with Crippen molar-refractivity contribution in [1.82, 2.24) is 15.1 Å². The Morgan fingerprint density at radius 3 is 2.60 bits per heavy atom. The van der Waals surface area contributed by atoms with Gasteiger partial charge in [0.1, 0.15) is 18.4 Å². The largest absolute Gasteiger partial charge is 0.489 e. The van der Waals surface area contributed by atoms with Crippen molar-refractivity contribution in [2.75, 3.05) is 6.54 Å². The van der Waals surface area contributed by atoms with Crippen molar-refractivity contribution in [2.45, 2.75) is 63.9 Å². The van der Waals surface area contributed by atoms with Gasteiger partial charge in [0.15, 0.2) is 0 Å². The van der Waals surface area contributed by atoms with E-state index >= 15 is 0 Å². The van der Waals surface area contributed by atoms with Gasteiger partial charge in [-0.05, 0) is 48.9 Å². The van der Waals surface area contributed by atoms with E-state index in [0.29, 0.717) is 49.4 Å². The monoisotopic (exact) mass is 481 g/mol. The SMILES string of the molecule is C=C1CCC(N2Cc3c(OCc4ccc(CN5CCCCC5(F)F)cc4)cccc3C2=O)C(=O)N1. The van der Waals surface area contributed by atoms with Crippen molar-refractivity contribution in [2.24, 2.45) is 0 Å². The molecule has 3 heterocycles. The van der Waals surface area contributed by atoms with Crippen molar-refractivity contribution in [1.29, 1.82) is 0 Å². The molecule has 0 spiro atoms. The molecule has 0 aromatic heterocycles. The summed E-state index contributed by atoms with van der Waals surface area (Å²) in [6.07, 6.45) is 2.47. The van der Waals surface area contributed by atoms with Crippen molar-refractivity contribution in [3.63, 3.8) is 0 Å². The van der Waals surface area contributed by atoms with Crippen molar-refractivity contribution < 1.29 is 23.1 Å². The average molecular weight is 482 g/mol. The molecule has 6 nitrogen and oxygen atoms in total. The van der Waals surface area contributed by atoms with Crippen LogP contribution in [0.2, 0.25) is 0 Å². The predicted molar refractivity (Wildman–Crippen MR) is 127 cm³/mol. The summed E-state index contributed by atoms with van der Waals surface area (Å²) in [5, 5.41) is 2.75. The lowest BCUT2D eigenvalue weighted by atomic mass is 10.0. The number of carbonyl (C=O) groups excluding carboxylic acids is 2. The van der Waals surface area contributed by atoms with Gasteiger partial charge in [-0.1, -0.05) is 36.9 Å². The highest BCUT2D eigenvalue weighted by atomic mass is 19.3. The molecule has 1 atom stereocenters. The number of nitrogens with one attached hydrogen (secondary N) is 1. The summed E-state index contributed by atoms with van der Waals surface area (Å²) >= 11 is 0. The summed E-state index contributed by atoms with van der Waals surface area (Å²) in [7, 11) is 0. The quantitative estimate of drug-likeness (QED) is 0.613. The lowest BCUT2D eigenvalue weighted by Gasteiger charge is -2.35. The van der Waals surface area contributed by atoms with Crippen molar-refractivity contribution in [3.05, 3.63) is 77.0 Å². The predicted octanol–water partition coefficient (Wildman–Crippen LogP) is 4.59. The third kappa shape index (κ3) is 4.80. The molecule has 0 saturated carbocycles. The van der Waals surface area contributed by atoms with Crippen LogP contribution in [0.4, 0.5) is 8.78 Å². The molecule has 8 heteroatoms. The van der Waals surface area contributed by atoms with Gasteiger partial charge in [0.05, 0.1) is 6.54 Å². The Labute approximate surface area is 203 Å². The minimum Gasteiger partial charge on any atom is -0.489 e. The fourth-order valence-corrected chi connectivity index (χ4v) is 5.05. The van der Waals surface area contributed by atoms with Crippen LogP contribution in [-0.2, 0) is 24.5 Å². The minimum absolute atomic E-state index is 0.0824. The lowest BCUT2D eigenvalue weighted by molar-refractivity contribution is -0.171. The molecular weight excluding hydrogens is 452 g/mol. The maximum atomic E-state index is 14.1. The molecule has 35 heavy (non-hydrogen) atoms. The van der Waals surface area contributed by atoms with Gasteiger partial charge < -0.3 is 15.0 Å². The highest BCUT2D eigenvalue weighted by Gasteiger charge is 2.40. The lowest BCUT2D eigenvalue weighted by Crippen LogP contribution is -2.49. The van der Waals surface area contributed by atoms with Crippen LogP contribution in [0.3, 0.4) is 0 Å². The standard InChI is InChI=1S/C27H29F2N3O3/c1-18-7-12-23(25(33)30-18)32-16-22-21(26(32)34)5-4-6-24(22)35-17-20-10-8-19(9-11-20)15-31-14-3-2-13-27(31,28)29/h4-6,8-11,23H,1-3,7,12-17H2,(H,30,33). The number of halogens is 2. The molecule has 2 aromatic carbocycles. The van der Waals surface area contributed by atoms with E-state index in [-0.39, 0.29) is 31.4 Å². The zero-order valence-electron chi connectivity index (χ0n) is 19.6. The van der Waals surface area contributed by atoms with Crippen LogP contribution in [-0.4, -0.2) is 40.2 Å². The second-order valence-corrected chi connectivity index (χ2v) is 9.51. The minimum atomic E-state index is -2.74. The van der Waals surface area contributed by atoms with Gasteiger partial charge in [0.25, 0.3) is 5.91 Å². The summed E-state index contributed by atoms with van der Waals surface area (Å²) in [5.74, 6) is 0.236. The molecule has 2 amide bonds. The first-order chi connectivity index (χ1) is 16.8. The van der Waals surface area contributed by atoms with Gasteiger partial charge in [-0.2, -0.15) is 8.78 Å². The molecule has 2 saturated heterocycles. The summed E-state index contributed by atoms with van der Waals surface area (Å²) in [4.78, 5) is 28.3. The van der Waals surface area contributed by atoms with Crippen LogP contribution in [0.25, 0.3) is 0 Å². The number of amides is 2. The first kappa shape index (κ1) is 23.5. The van der Waals surface area contributed by atoms with Crippen LogP contribution < -0.4 is 10.1 Å². The third-order valence-corrected chi connectivity index (χ3v) is 7.06. The van der Waals surface area contributed by atoms with E-state index in [2.05, 4.69) is 11.9 Å². The van der Waals surface area contributed by atoms with Crippen LogP contribution in [0, 0.1) is 0 Å². The van der Waals surface area contributed by atoms with E-state index in [1.807, 2.05) is 30.3 Å². The van der Waals surface area contributed by atoms with Gasteiger partial charge in [-0.15, -0.1) is 0 Å². The summed E-state index contributed by atoms with van der Waals surface area (Å²) in [6, 6.07) is 9.59. The number of fused-ring (bicyclic) bond motifs is 1. The summed E-state index contributed by atoms with van der Waals surface area (Å²) < 4.78 is 34.3. The van der Waals surface area contributed by atoms with Crippen LogP contribution in [0.1, 0.15) is 59.2 Å². The fraction of sp³-hybridized carbons (Fsp3) is 0.407. The number of allylic oxidation sites excluding steroid dienone is 1. The maximum Gasteiger partial charge on any atom is 0.305 e. The third-order valence-electron chi connectivity index (χ3n) is 7.06. The maximum absolute atomic E-state index is 14.1. The van der Waals surface area contributed by atoms with Crippen LogP contribution in [0.5, 0.6) is 5.75 Å². The topological polar surface area (TPSA) is 61.9 Å². The van der Waals surface area contributed by atoms with E-state index in [1.54, 1.807) is 17.0 Å². The number of alkyl halides is 2. The number of piperidine rings is 2. The van der Waals surface area contributed by atoms with E-state index in [4.69, 9.17) is 4.74 Å². The Morgan fingerprint density at radius 1 is 1.09 bits per heavy atom. The molecule has 2 aromatic rings. The average Bonchev–Trinajstić information content (AvgIpc) is 3.17. The van der Waals surface area contributed by atoms with E-state index < -0.39 is 12.1 Å². The normalized spacial score (nSPS) is 22.2. The molecule has 5 rings (SSSR count). The second kappa shape index (κ2) is 9.41. The number of likely N-dealkylation sites (tertiary alicyclic amines) is 1. The first-order valence-corrected chi connectivity index (χ1v) is 12.1. The van der Waals surface area contributed by atoms with Crippen LogP contribution >= 0.6 is 0 Å². The molecule has 3 aliphatic heterocycles. The summed E-state index contributed by atoms with van der Waals surface area (Å²) in [5.41, 5.74) is 3.75. The molecule has 0 bridgehead atoms. The van der Waals surface area contributed by atoms with E-state index in [9.17, 15) is 18.4 Å². The summed E-state index contributed by atoms with van der Waals surface area (Å²) in [6.45, 7) is 5.03.